The molecule has 0 radical (unpaired) electrons. The summed E-state index contributed by atoms with van der Waals surface area (Å²) < 4.78 is 0. The first-order valence-electron chi connectivity index (χ1n) is 8.89. The summed E-state index contributed by atoms with van der Waals surface area (Å²) in [6.45, 7) is 8.67. The molecule has 0 fully saturated rings. The molecule has 128 valence electrons. The molecular formula is C23H26N2. The van der Waals surface area contributed by atoms with E-state index in [0.717, 1.165) is 12.1 Å². The Morgan fingerprint density at radius 2 is 1.92 bits per heavy atom. The summed E-state index contributed by atoms with van der Waals surface area (Å²) in [4.78, 5) is 7.92. The standard InChI is InChI=1S/C23H26N2/c1-16(2)20-6-5-7-21(14-20)17(3)15-25-18(4)12-19-8-9-23-22(13-19)10-11-24-23/h5-11,13-16,24H,12H2,1-4H3/b17-15+,25-18?. The number of fused-ring (bicyclic) bond motifs is 1. The molecular weight excluding hydrogens is 304 g/mol. The van der Waals surface area contributed by atoms with Gasteiger partial charge in [-0.1, -0.05) is 44.2 Å². The van der Waals surface area contributed by atoms with Crippen molar-refractivity contribution in [2.45, 2.75) is 40.0 Å². The first-order valence-corrected chi connectivity index (χ1v) is 8.89. The molecule has 2 heteroatoms. The summed E-state index contributed by atoms with van der Waals surface area (Å²) in [6, 6.07) is 17.4. The van der Waals surface area contributed by atoms with E-state index >= 15 is 0 Å². The molecule has 0 aliphatic heterocycles. The maximum atomic E-state index is 4.68. The lowest BCUT2D eigenvalue weighted by Gasteiger charge is -2.08. The fourth-order valence-electron chi connectivity index (χ4n) is 2.98. The van der Waals surface area contributed by atoms with E-state index in [4.69, 9.17) is 0 Å². The maximum Gasteiger partial charge on any atom is 0.0454 e. The molecule has 0 bridgehead atoms. The van der Waals surface area contributed by atoms with Crippen LogP contribution in [0.5, 0.6) is 0 Å². The second-order valence-corrected chi connectivity index (χ2v) is 7.03. The molecule has 1 aromatic heterocycles. The number of hydrogen-bond donors (Lipinski definition) is 1. The van der Waals surface area contributed by atoms with E-state index in [1.165, 1.54) is 33.2 Å². The van der Waals surface area contributed by atoms with Gasteiger partial charge in [-0.2, -0.15) is 0 Å². The fourth-order valence-corrected chi connectivity index (χ4v) is 2.98. The van der Waals surface area contributed by atoms with Crippen LogP contribution in [0.4, 0.5) is 0 Å². The maximum absolute atomic E-state index is 4.68. The zero-order chi connectivity index (χ0) is 17.8. The van der Waals surface area contributed by atoms with Gasteiger partial charge < -0.3 is 4.98 Å². The van der Waals surface area contributed by atoms with Gasteiger partial charge in [0.1, 0.15) is 0 Å². The van der Waals surface area contributed by atoms with E-state index in [2.05, 4.69) is 86.2 Å². The number of rotatable bonds is 5. The van der Waals surface area contributed by atoms with Gasteiger partial charge in [-0.05, 0) is 65.6 Å². The summed E-state index contributed by atoms with van der Waals surface area (Å²) in [5.41, 5.74) is 7.40. The number of nitrogens with zero attached hydrogens (tertiary/aromatic N) is 1. The lowest BCUT2D eigenvalue weighted by Crippen LogP contribution is -1.97. The molecule has 0 aliphatic carbocycles. The van der Waals surface area contributed by atoms with Gasteiger partial charge in [-0.25, -0.2) is 0 Å². The van der Waals surface area contributed by atoms with E-state index in [0.29, 0.717) is 5.92 Å². The van der Waals surface area contributed by atoms with E-state index in [9.17, 15) is 0 Å². The van der Waals surface area contributed by atoms with Crippen molar-refractivity contribution in [1.29, 1.82) is 0 Å². The average molecular weight is 330 g/mol. The molecule has 0 atom stereocenters. The third kappa shape index (κ3) is 4.27. The molecule has 0 unspecified atom stereocenters. The molecule has 0 aliphatic rings. The number of benzene rings is 2. The molecule has 3 rings (SSSR count). The third-order valence-corrected chi connectivity index (χ3v) is 4.56. The topological polar surface area (TPSA) is 28.1 Å². The van der Waals surface area contributed by atoms with E-state index < -0.39 is 0 Å². The lowest BCUT2D eigenvalue weighted by atomic mass is 9.98. The number of aromatic nitrogens is 1. The highest BCUT2D eigenvalue weighted by Gasteiger charge is 2.02. The van der Waals surface area contributed by atoms with Crippen molar-refractivity contribution in [2.75, 3.05) is 0 Å². The van der Waals surface area contributed by atoms with Crippen LogP contribution in [0.1, 0.15) is 50.3 Å². The minimum atomic E-state index is 0.543. The van der Waals surface area contributed by atoms with Crippen molar-refractivity contribution in [1.82, 2.24) is 4.98 Å². The summed E-state index contributed by atoms with van der Waals surface area (Å²) in [5, 5.41) is 1.25. The predicted octanol–water partition coefficient (Wildman–Crippen LogP) is 6.36. The molecule has 25 heavy (non-hydrogen) atoms. The van der Waals surface area contributed by atoms with Crippen molar-refractivity contribution < 1.29 is 0 Å². The van der Waals surface area contributed by atoms with Gasteiger partial charge in [0.05, 0.1) is 0 Å². The van der Waals surface area contributed by atoms with Crippen LogP contribution in [0.3, 0.4) is 0 Å². The quantitative estimate of drug-likeness (QED) is 0.528. The van der Waals surface area contributed by atoms with Gasteiger partial charge >= 0.3 is 0 Å². The molecule has 2 aromatic carbocycles. The van der Waals surface area contributed by atoms with Crippen LogP contribution in [0.15, 0.2) is 65.9 Å². The highest BCUT2D eigenvalue weighted by Crippen LogP contribution is 2.21. The number of H-pyrrole nitrogens is 1. The Labute approximate surface area is 150 Å². The smallest absolute Gasteiger partial charge is 0.0454 e. The van der Waals surface area contributed by atoms with Gasteiger partial charge in [0.15, 0.2) is 0 Å². The summed E-state index contributed by atoms with van der Waals surface area (Å²) >= 11 is 0. The molecule has 1 N–H and O–H groups in total. The Morgan fingerprint density at radius 3 is 2.72 bits per heavy atom. The molecule has 1 heterocycles. The first kappa shape index (κ1) is 17.2. The minimum Gasteiger partial charge on any atom is -0.361 e. The lowest BCUT2D eigenvalue weighted by molar-refractivity contribution is 0.866. The monoisotopic (exact) mass is 330 g/mol. The van der Waals surface area contributed by atoms with Crippen LogP contribution >= 0.6 is 0 Å². The normalized spacial score (nSPS) is 13.0. The first-order chi connectivity index (χ1) is 12.0. The second-order valence-electron chi connectivity index (χ2n) is 7.03. The number of allylic oxidation sites excluding steroid dienone is 1. The zero-order valence-corrected chi connectivity index (χ0v) is 15.5. The van der Waals surface area contributed by atoms with Crippen molar-refractivity contribution in [3.8, 4) is 0 Å². The Bertz CT molecular complexity index is 926. The van der Waals surface area contributed by atoms with Gasteiger partial charge in [0.25, 0.3) is 0 Å². The number of nitrogens with one attached hydrogen (secondary N) is 1. The third-order valence-electron chi connectivity index (χ3n) is 4.56. The number of aliphatic imine (C=N–C) groups is 1. The van der Waals surface area contributed by atoms with Crippen molar-refractivity contribution in [3.63, 3.8) is 0 Å². The van der Waals surface area contributed by atoms with Crippen LogP contribution in [-0.2, 0) is 6.42 Å². The molecule has 0 amide bonds. The summed E-state index contributed by atoms with van der Waals surface area (Å²) in [6.07, 6.45) is 4.84. The Hall–Kier alpha value is -2.61. The highest BCUT2D eigenvalue weighted by atomic mass is 14.7. The predicted molar refractivity (Wildman–Crippen MR) is 109 cm³/mol. The number of aromatic amines is 1. The van der Waals surface area contributed by atoms with Crippen molar-refractivity contribution >= 4 is 22.2 Å². The zero-order valence-electron chi connectivity index (χ0n) is 15.5. The molecule has 0 saturated heterocycles. The van der Waals surface area contributed by atoms with Gasteiger partial charge in [-0.15, -0.1) is 0 Å². The van der Waals surface area contributed by atoms with Gasteiger partial charge in [-0.3, -0.25) is 4.99 Å². The number of hydrogen-bond acceptors (Lipinski definition) is 1. The molecule has 3 aromatic rings. The minimum absolute atomic E-state index is 0.543. The van der Waals surface area contributed by atoms with Crippen molar-refractivity contribution in [3.05, 3.63) is 77.6 Å². The van der Waals surface area contributed by atoms with Crippen LogP contribution in [0.2, 0.25) is 0 Å². The molecule has 0 saturated carbocycles. The fraction of sp³-hybridized carbons (Fsp3) is 0.261. The average Bonchev–Trinajstić information content (AvgIpc) is 3.07. The largest absolute Gasteiger partial charge is 0.361 e. The van der Waals surface area contributed by atoms with E-state index in [1.807, 2.05) is 12.4 Å². The highest BCUT2D eigenvalue weighted by molar-refractivity contribution is 5.87. The Balaban J connectivity index is 1.74. The van der Waals surface area contributed by atoms with Crippen LogP contribution in [0, 0.1) is 0 Å². The van der Waals surface area contributed by atoms with Crippen molar-refractivity contribution in [2.24, 2.45) is 4.99 Å². The van der Waals surface area contributed by atoms with Crippen LogP contribution in [-0.4, -0.2) is 10.7 Å². The van der Waals surface area contributed by atoms with Gasteiger partial charge in [0.2, 0.25) is 0 Å². The van der Waals surface area contributed by atoms with Gasteiger partial charge in [0, 0.05) is 30.0 Å². The Kier molecular flexibility index (Phi) is 5.18. The van der Waals surface area contributed by atoms with E-state index in [-0.39, 0.29) is 0 Å². The molecule has 0 spiro atoms. The second kappa shape index (κ2) is 7.52. The van der Waals surface area contributed by atoms with E-state index in [1.54, 1.807) is 0 Å². The molecule has 2 nitrogen and oxygen atoms in total. The Morgan fingerprint density at radius 1 is 1.08 bits per heavy atom. The SMILES string of the molecule is CC(Cc1ccc2[nH]ccc2c1)=N/C=C(\C)c1cccc(C(C)C)c1. The van der Waals surface area contributed by atoms with Crippen LogP contribution in [0.25, 0.3) is 16.5 Å². The van der Waals surface area contributed by atoms with Crippen LogP contribution < -0.4 is 0 Å². The summed E-state index contributed by atoms with van der Waals surface area (Å²) in [5.74, 6) is 0.543. The summed E-state index contributed by atoms with van der Waals surface area (Å²) in [7, 11) is 0.